The molecule has 0 bridgehead atoms. The maximum Gasteiger partial charge on any atom is 0.410 e. The number of aliphatic hydroxyl groups is 1. The molecule has 1 atom stereocenters. The lowest BCUT2D eigenvalue weighted by molar-refractivity contribution is 0.0274. The molecule has 0 aliphatic heterocycles. The molecule has 1 N–H and O–H groups in total. The van der Waals surface area contributed by atoms with E-state index in [9.17, 15) is 9.90 Å². The van der Waals surface area contributed by atoms with Gasteiger partial charge in [-0.1, -0.05) is 6.07 Å². The van der Waals surface area contributed by atoms with Crippen molar-refractivity contribution in [1.82, 2.24) is 4.90 Å². The number of nitrogens with zero attached hydrogens (tertiary/aromatic N) is 1. The third-order valence-electron chi connectivity index (χ3n) is 2.31. The van der Waals surface area contributed by atoms with Gasteiger partial charge in [-0.05, 0) is 38.6 Å². The highest BCUT2D eigenvalue weighted by atomic mass is 32.1. The van der Waals surface area contributed by atoms with Crippen molar-refractivity contribution in [2.24, 2.45) is 0 Å². The molecule has 0 saturated carbocycles. The van der Waals surface area contributed by atoms with E-state index in [2.05, 4.69) is 0 Å². The van der Waals surface area contributed by atoms with Gasteiger partial charge < -0.3 is 14.7 Å². The number of aliphatic hydroxyl groups excluding tert-OH is 1. The first-order chi connectivity index (χ1) is 8.29. The summed E-state index contributed by atoms with van der Waals surface area (Å²) >= 11 is 1.52. The molecule has 0 aliphatic rings. The normalized spacial score (nSPS) is 13.2. The molecular formula is C13H21NO3S. The fourth-order valence-corrected chi connectivity index (χ4v) is 2.12. The van der Waals surface area contributed by atoms with Crippen molar-refractivity contribution in [3.63, 3.8) is 0 Å². The molecule has 0 fully saturated rings. The van der Waals surface area contributed by atoms with Gasteiger partial charge in [0.05, 0.1) is 6.10 Å². The minimum Gasteiger partial charge on any atom is -0.444 e. The molecule has 0 unspecified atom stereocenters. The lowest BCUT2D eigenvalue weighted by Gasteiger charge is -2.25. The second-order valence-electron chi connectivity index (χ2n) is 5.22. The van der Waals surface area contributed by atoms with Crippen molar-refractivity contribution >= 4 is 17.4 Å². The van der Waals surface area contributed by atoms with Crippen LogP contribution in [0.15, 0.2) is 17.5 Å². The number of amides is 1. The summed E-state index contributed by atoms with van der Waals surface area (Å²) in [6, 6.07) is 3.80. The van der Waals surface area contributed by atoms with Gasteiger partial charge >= 0.3 is 6.09 Å². The van der Waals surface area contributed by atoms with Crippen molar-refractivity contribution in [2.45, 2.75) is 38.9 Å². The minimum absolute atomic E-state index is 0.360. The zero-order chi connectivity index (χ0) is 13.8. The predicted molar refractivity (Wildman–Crippen MR) is 72.8 cm³/mol. The molecule has 102 valence electrons. The molecule has 1 aromatic heterocycles. The molecule has 1 amide bonds. The van der Waals surface area contributed by atoms with E-state index < -0.39 is 11.7 Å². The van der Waals surface area contributed by atoms with E-state index in [0.29, 0.717) is 13.0 Å². The molecule has 0 saturated heterocycles. The second-order valence-corrected chi connectivity index (χ2v) is 6.20. The monoisotopic (exact) mass is 271 g/mol. The third kappa shape index (κ3) is 5.06. The standard InChI is InChI=1S/C13H21NO3S/c1-13(2,3)17-12(16)14(4)8-7-10(15)11-6-5-9-18-11/h5-6,9-10,15H,7-8H2,1-4H3/t10-/m0/s1. The molecular weight excluding hydrogens is 250 g/mol. The van der Waals surface area contributed by atoms with Crippen molar-refractivity contribution < 1.29 is 14.6 Å². The van der Waals surface area contributed by atoms with Crippen LogP contribution < -0.4 is 0 Å². The van der Waals surface area contributed by atoms with E-state index in [0.717, 1.165) is 4.88 Å². The SMILES string of the molecule is CN(CC[C@H](O)c1cccs1)C(=O)OC(C)(C)C. The molecule has 0 radical (unpaired) electrons. The topological polar surface area (TPSA) is 49.8 Å². The fraction of sp³-hybridized carbons (Fsp3) is 0.615. The van der Waals surface area contributed by atoms with Gasteiger partial charge in [0, 0.05) is 18.5 Å². The fourth-order valence-electron chi connectivity index (χ4n) is 1.37. The van der Waals surface area contributed by atoms with Gasteiger partial charge in [-0.15, -0.1) is 11.3 Å². The minimum atomic E-state index is -0.519. The zero-order valence-corrected chi connectivity index (χ0v) is 12.2. The van der Waals surface area contributed by atoms with Crippen LogP contribution >= 0.6 is 11.3 Å². The van der Waals surface area contributed by atoms with Crippen LogP contribution in [0.4, 0.5) is 4.79 Å². The Morgan fingerprint density at radius 1 is 1.56 bits per heavy atom. The summed E-state index contributed by atoms with van der Waals surface area (Å²) in [5, 5.41) is 11.8. The van der Waals surface area contributed by atoms with Gasteiger partial charge in [-0.3, -0.25) is 0 Å². The smallest absolute Gasteiger partial charge is 0.410 e. The van der Waals surface area contributed by atoms with E-state index in [1.165, 1.54) is 16.2 Å². The van der Waals surface area contributed by atoms with Crippen molar-refractivity contribution in [1.29, 1.82) is 0 Å². The Hall–Kier alpha value is -1.07. The first-order valence-corrected chi connectivity index (χ1v) is 6.83. The summed E-state index contributed by atoms with van der Waals surface area (Å²) in [4.78, 5) is 14.1. The number of ether oxygens (including phenoxy) is 1. The quantitative estimate of drug-likeness (QED) is 0.915. The van der Waals surface area contributed by atoms with E-state index in [1.54, 1.807) is 7.05 Å². The highest BCUT2D eigenvalue weighted by Crippen LogP contribution is 2.21. The molecule has 0 aliphatic carbocycles. The molecule has 1 rings (SSSR count). The number of rotatable bonds is 4. The van der Waals surface area contributed by atoms with Crippen LogP contribution in [-0.2, 0) is 4.74 Å². The highest BCUT2D eigenvalue weighted by molar-refractivity contribution is 7.10. The largest absolute Gasteiger partial charge is 0.444 e. The summed E-state index contributed by atoms with van der Waals surface area (Å²) in [7, 11) is 1.68. The summed E-state index contributed by atoms with van der Waals surface area (Å²) in [5.41, 5.74) is -0.488. The Morgan fingerprint density at radius 3 is 2.72 bits per heavy atom. The Bertz CT molecular complexity index is 370. The first kappa shape index (κ1) is 15.0. The molecule has 0 aromatic carbocycles. The van der Waals surface area contributed by atoms with Gasteiger partial charge in [0.15, 0.2) is 0 Å². The molecule has 1 aromatic rings. The average Bonchev–Trinajstić information content (AvgIpc) is 2.76. The summed E-state index contributed by atoms with van der Waals surface area (Å²) in [6.45, 7) is 5.96. The van der Waals surface area contributed by atoms with Crippen LogP contribution in [0, 0.1) is 0 Å². The Balaban J connectivity index is 2.37. The molecule has 18 heavy (non-hydrogen) atoms. The number of carbonyl (C=O) groups is 1. The van der Waals surface area contributed by atoms with Crippen molar-refractivity contribution in [3.05, 3.63) is 22.4 Å². The van der Waals surface area contributed by atoms with Crippen LogP contribution in [0.5, 0.6) is 0 Å². The lowest BCUT2D eigenvalue weighted by Crippen LogP contribution is -2.35. The van der Waals surface area contributed by atoms with E-state index >= 15 is 0 Å². The summed E-state index contributed by atoms with van der Waals surface area (Å²) < 4.78 is 5.23. The van der Waals surface area contributed by atoms with E-state index in [-0.39, 0.29) is 6.09 Å². The highest BCUT2D eigenvalue weighted by Gasteiger charge is 2.20. The van der Waals surface area contributed by atoms with Crippen LogP contribution in [0.3, 0.4) is 0 Å². The van der Waals surface area contributed by atoms with Crippen molar-refractivity contribution in [2.75, 3.05) is 13.6 Å². The van der Waals surface area contributed by atoms with Crippen LogP contribution in [0.1, 0.15) is 38.2 Å². The van der Waals surface area contributed by atoms with Gasteiger partial charge in [0.25, 0.3) is 0 Å². The Kier molecular flexibility index (Phi) is 5.16. The maximum absolute atomic E-state index is 11.7. The van der Waals surface area contributed by atoms with Gasteiger partial charge in [0.1, 0.15) is 5.60 Å². The number of hydrogen-bond acceptors (Lipinski definition) is 4. The number of hydrogen-bond donors (Lipinski definition) is 1. The van der Waals surface area contributed by atoms with Crippen molar-refractivity contribution in [3.8, 4) is 0 Å². The molecule has 4 nitrogen and oxygen atoms in total. The summed E-state index contributed by atoms with van der Waals surface area (Å²) in [5.74, 6) is 0. The van der Waals surface area contributed by atoms with Gasteiger partial charge in [-0.2, -0.15) is 0 Å². The zero-order valence-electron chi connectivity index (χ0n) is 11.3. The third-order valence-corrected chi connectivity index (χ3v) is 3.29. The predicted octanol–water partition coefficient (Wildman–Crippen LogP) is 3.04. The first-order valence-electron chi connectivity index (χ1n) is 5.95. The molecule has 1 heterocycles. The van der Waals surface area contributed by atoms with E-state index in [4.69, 9.17) is 4.74 Å². The number of carbonyl (C=O) groups excluding carboxylic acids is 1. The van der Waals surface area contributed by atoms with E-state index in [1.807, 2.05) is 38.3 Å². The second kappa shape index (κ2) is 6.20. The lowest BCUT2D eigenvalue weighted by atomic mass is 10.2. The Labute approximate surface area is 112 Å². The molecule has 5 heteroatoms. The number of thiophene rings is 1. The maximum atomic E-state index is 11.7. The molecule has 0 spiro atoms. The average molecular weight is 271 g/mol. The van der Waals surface area contributed by atoms with Crippen LogP contribution in [0.2, 0.25) is 0 Å². The Morgan fingerprint density at radius 2 is 2.22 bits per heavy atom. The van der Waals surface area contributed by atoms with Crippen LogP contribution in [0.25, 0.3) is 0 Å². The van der Waals surface area contributed by atoms with Gasteiger partial charge in [-0.25, -0.2) is 4.79 Å². The van der Waals surface area contributed by atoms with Crippen LogP contribution in [-0.4, -0.2) is 35.3 Å². The van der Waals surface area contributed by atoms with Gasteiger partial charge in [0.2, 0.25) is 0 Å². The summed E-state index contributed by atoms with van der Waals surface area (Å²) in [6.07, 6.45) is -0.369.